The van der Waals surface area contributed by atoms with Gasteiger partial charge in [-0.15, -0.1) is 0 Å². The number of hydrogen-bond acceptors (Lipinski definition) is 4. The van der Waals surface area contributed by atoms with Gasteiger partial charge in [-0.1, -0.05) is 35.0 Å². The molecule has 5 nitrogen and oxygen atoms in total. The molecule has 1 N–H and O–H groups in total. The Morgan fingerprint density at radius 2 is 1.96 bits per heavy atom. The molecule has 0 radical (unpaired) electrons. The maximum absolute atomic E-state index is 12.7. The van der Waals surface area contributed by atoms with E-state index in [2.05, 4.69) is 44.6 Å². The van der Waals surface area contributed by atoms with Crippen LogP contribution < -0.4 is 14.4 Å². The number of methoxy groups -OCH3 is 1. The second-order valence-corrected chi connectivity index (χ2v) is 9.63. The molecule has 27 heavy (non-hydrogen) atoms. The van der Waals surface area contributed by atoms with Crippen LogP contribution in [0.25, 0.3) is 0 Å². The van der Waals surface area contributed by atoms with Crippen molar-refractivity contribution in [2.45, 2.75) is 31.2 Å². The molecule has 3 rings (SSSR count). The van der Waals surface area contributed by atoms with E-state index >= 15 is 0 Å². The number of nitrogens with one attached hydrogen (secondary N) is 1. The molecule has 1 heterocycles. The van der Waals surface area contributed by atoms with Crippen LogP contribution in [-0.4, -0.2) is 28.6 Å². The van der Waals surface area contributed by atoms with Crippen LogP contribution in [0.1, 0.15) is 25.3 Å². The van der Waals surface area contributed by atoms with Crippen molar-refractivity contribution in [3.05, 3.63) is 52.5 Å². The summed E-state index contributed by atoms with van der Waals surface area (Å²) < 4.78 is 33.9. The van der Waals surface area contributed by atoms with Gasteiger partial charge in [0.15, 0.2) is 0 Å². The molecule has 1 fully saturated rings. The largest absolute Gasteiger partial charge is 0.495 e. The minimum Gasteiger partial charge on any atom is -0.495 e. The third-order valence-corrected chi connectivity index (χ3v) is 6.76. The van der Waals surface area contributed by atoms with Gasteiger partial charge in [-0.05, 0) is 54.7 Å². The summed E-state index contributed by atoms with van der Waals surface area (Å²) in [5, 5.41) is 0. The van der Waals surface area contributed by atoms with Crippen molar-refractivity contribution in [3.8, 4) is 5.75 Å². The van der Waals surface area contributed by atoms with Gasteiger partial charge in [0.1, 0.15) is 10.6 Å². The topological polar surface area (TPSA) is 58.6 Å². The predicted molar refractivity (Wildman–Crippen MR) is 112 cm³/mol. The number of anilines is 1. The van der Waals surface area contributed by atoms with Crippen LogP contribution in [0.4, 0.5) is 5.69 Å². The Hall–Kier alpha value is -1.57. The molecule has 1 aliphatic heterocycles. The van der Waals surface area contributed by atoms with Crippen molar-refractivity contribution in [2.75, 3.05) is 25.1 Å². The van der Waals surface area contributed by atoms with Crippen LogP contribution >= 0.6 is 15.9 Å². The minimum absolute atomic E-state index is 0.123. The monoisotopic (exact) mass is 452 g/mol. The summed E-state index contributed by atoms with van der Waals surface area (Å²) in [6.45, 7) is 4.67. The molecule has 0 saturated carbocycles. The number of benzene rings is 2. The highest BCUT2D eigenvalue weighted by molar-refractivity contribution is 9.10. The lowest BCUT2D eigenvalue weighted by atomic mass is 9.99. The Balaban J connectivity index is 1.68. The Labute approximate surface area is 169 Å². The van der Waals surface area contributed by atoms with Crippen LogP contribution in [0.2, 0.25) is 0 Å². The van der Waals surface area contributed by atoms with E-state index < -0.39 is 10.0 Å². The van der Waals surface area contributed by atoms with E-state index in [1.807, 2.05) is 12.1 Å². The first kappa shape index (κ1) is 20.2. The maximum atomic E-state index is 12.7. The minimum atomic E-state index is -3.68. The van der Waals surface area contributed by atoms with Crippen molar-refractivity contribution < 1.29 is 13.2 Å². The zero-order chi connectivity index (χ0) is 19.4. The average molecular weight is 453 g/mol. The molecule has 146 valence electrons. The Kier molecular flexibility index (Phi) is 6.44. The van der Waals surface area contributed by atoms with Gasteiger partial charge in [0.05, 0.1) is 7.11 Å². The van der Waals surface area contributed by atoms with Gasteiger partial charge in [-0.2, -0.15) is 0 Å². The van der Waals surface area contributed by atoms with Gasteiger partial charge in [-0.3, -0.25) is 0 Å². The van der Waals surface area contributed by atoms with Gasteiger partial charge in [0, 0.05) is 29.8 Å². The first-order valence-corrected chi connectivity index (χ1v) is 11.3. The molecule has 0 bridgehead atoms. The third kappa shape index (κ3) is 5.03. The zero-order valence-corrected chi connectivity index (χ0v) is 18.0. The first-order valence-electron chi connectivity index (χ1n) is 9.06. The van der Waals surface area contributed by atoms with Crippen LogP contribution in [0.15, 0.2) is 51.8 Å². The Bertz CT molecular complexity index is 885. The number of halogens is 1. The van der Waals surface area contributed by atoms with Crippen LogP contribution in [0, 0.1) is 5.92 Å². The molecule has 2 aromatic rings. The standard InChI is InChI=1S/C20H25BrN2O3S/c1-15-4-3-11-23(14-15)18-8-5-16(6-9-18)13-22-27(24,25)20-12-17(21)7-10-19(20)26-2/h5-10,12,15,22H,3-4,11,13-14H2,1-2H3/t15-/m1/s1. The highest BCUT2D eigenvalue weighted by atomic mass is 79.9. The Morgan fingerprint density at radius 3 is 2.63 bits per heavy atom. The second-order valence-electron chi connectivity index (χ2n) is 6.98. The fraction of sp³-hybridized carbons (Fsp3) is 0.400. The molecule has 1 aliphatic rings. The van der Waals surface area contributed by atoms with E-state index in [1.54, 1.807) is 18.2 Å². The number of rotatable bonds is 6. The number of ether oxygens (including phenoxy) is 1. The molecular formula is C20H25BrN2O3S. The number of sulfonamides is 1. The summed E-state index contributed by atoms with van der Waals surface area (Å²) in [7, 11) is -2.22. The summed E-state index contributed by atoms with van der Waals surface area (Å²) in [5.74, 6) is 1.03. The highest BCUT2D eigenvalue weighted by Crippen LogP contribution is 2.27. The summed E-state index contributed by atoms with van der Waals surface area (Å²) in [6, 6.07) is 13.0. The van der Waals surface area contributed by atoms with Gasteiger partial charge in [0.2, 0.25) is 10.0 Å². The number of piperidine rings is 1. The molecule has 7 heteroatoms. The molecule has 1 saturated heterocycles. The van der Waals surface area contributed by atoms with Gasteiger partial charge < -0.3 is 9.64 Å². The summed E-state index contributed by atoms with van der Waals surface area (Å²) in [4.78, 5) is 2.52. The van der Waals surface area contributed by atoms with Crippen molar-refractivity contribution in [2.24, 2.45) is 5.92 Å². The summed E-state index contributed by atoms with van der Waals surface area (Å²) in [5.41, 5.74) is 2.11. The number of nitrogens with zero attached hydrogens (tertiary/aromatic N) is 1. The second kappa shape index (κ2) is 8.63. The van der Waals surface area contributed by atoms with E-state index in [4.69, 9.17) is 4.74 Å². The molecule has 0 aliphatic carbocycles. The van der Waals surface area contributed by atoms with Crippen LogP contribution in [-0.2, 0) is 16.6 Å². The molecule has 2 aromatic carbocycles. The normalized spacial score (nSPS) is 17.7. The van der Waals surface area contributed by atoms with E-state index in [9.17, 15) is 8.42 Å². The molecule has 0 amide bonds. The molecule has 0 unspecified atom stereocenters. The van der Waals surface area contributed by atoms with Crippen molar-refractivity contribution >= 4 is 31.6 Å². The van der Waals surface area contributed by atoms with E-state index in [-0.39, 0.29) is 11.4 Å². The lowest BCUT2D eigenvalue weighted by Gasteiger charge is -2.32. The fourth-order valence-electron chi connectivity index (χ4n) is 3.37. The average Bonchev–Trinajstić information content (AvgIpc) is 2.67. The summed E-state index contributed by atoms with van der Waals surface area (Å²) in [6.07, 6.45) is 2.51. The van der Waals surface area contributed by atoms with Crippen LogP contribution in [0.3, 0.4) is 0 Å². The lowest BCUT2D eigenvalue weighted by molar-refractivity contribution is 0.402. The van der Waals surface area contributed by atoms with Gasteiger partial charge >= 0.3 is 0 Å². The van der Waals surface area contributed by atoms with Crippen molar-refractivity contribution in [1.29, 1.82) is 0 Å². The number of hydrogen-bond donors (Lipinski definition) is 1. The van der Waals surface area contributed by atoms with E-state index in [1.165, 1.54) is 25.6 Å². The smallest absolute Gasteiger partial charge is 0.244 e. The lowest BCUT2D eigenvalue weighted by Crippen LogP contribution is -2.34. The van der Waals surface area contributed by atoms with E-state index in [0.29, 0.717) is 16.1 Å². The van der Waals surface area contributed by atoms with E-state index in [0.717, 1.165) is 18.7 Å². The first-order chi connectivity index (χ1) is 12.9. The van der Waals surface area contributed by atoms with Crippen LogP contribution in [0.5, 0.6) is 5.75 Å². The fourth-order valence-corrected chi connectivity index (χ4v) is 5.09. The molecule has 1 atom stereocenters. The van der Waals surface area contributed by atoms with Gasteiger partial charge in [-0.25, -0.2) is 13.1 Å². The third-order valence-electron chi connectivity index (χ3n) is 4.84. The van der Waals surface area contributed by atoms with Gasteiger partial charge in [0.25, 0.3) is 0 Å². The predicted octanol–water partition coefficient (Wildman–Crippen LogP) is 4.17. The molecule has 0 aromatic heterocycles. The Morgan fingerprint density at radius 1 is 1.22 bits per heavy atom. The van der Waals surface area contributed by atoms with Crippen molar-refractivity contribution in [3.63, 3.8) is 0 Å². The zero-order valence-electron chi connectivity index (χ0n) is 15.6. The SMILES string of the molecule is COc1ccc(Br)cc1S(=O)(=O)NCc1ccc(N2CCC[C@@H](C)C2)cc1. The summed E-state index contributed by atoms with van der Waals surface area (Å²) >= 11 is 3.31. The maximum Gasteiger partial charge on any atom is 0.244 e. The quantitative estimate of drug-likeness (QED) is 0.714. The molecular weight excluding hydrogens is 428 g/mol. The molecule has 0 spiro atoms. The highest BCUT2D eigenvalue weighted by Gasteiger charge is 2.20. The van der Waals surface area contributed by atoms with Crippen molar-refractivity contribution in [1.82, 2.24) is 4.72 Å².